The molecule has 0 aliphatic rings. The number of amides is 1. The number of anilines is 2. The molecule has 0 saturated carbocycles. The molecular formula is C17H18Cl2N2O. The molecule has 0 fully saturated rings. The molecule has 0 unspecified atom stereocenters. The molecular weight excluding hydrogens is 319 g/mol. The molecule has 22 heavy (non-hydrogen) atoms. The van der Waals surface area contributed by atoms with Crippen LogP contribution in [0.4, 0.5) is 11.4 Å². The van der Waals surface area contributed by atoms with Gasteiger partial charge in [0.25, 0.3) is 0 Å². The summed E-state index contributed by atoms with van der Waals surface area (Å²) in [4.78, 5) is 12.3. The highest BCUT2D eigenvalue weighted by atomic mass is 35.5. The van der Waals surface area contributed by atoms with Crippen molar-refractivity contribution in [2.24, 2.45) is 0 Å². The average molecular weight is 337 g/mol. The summed E-state index contributed by atoms with van der Waals surface area (Å²) in [5.74, 6) is -0.176. The van der Waals surface area contributed by atoms with Crippen LogP contribution in [0.2, 0.25) is 10.0 Å². The van der Waals surface area contributed by atoms with Gasteiger partial charge < -0.3 is 10.6 Å². The van der Waals surface area contributed by atoms with Gasteiger partial charge in [-0.15, -0.1) is 0 Å². The minimum Gasteiger partial charge on any atom is -0.374 e. The van der Waals surface area contributed by atoms with Crippen molar-refractivity contribution >= 4 is 40.5 Å². The van der Waals surface area contributed by atoms with E-state index in [-0.39, 0.29) is 5.91 Å². The van der Waals surface area contributed by atoms with E-state index in [0.29, 0.717) is 15.7 Å². The molecule has 116 valence electrons. The lowest BCUT2D eigenvalue weighted by molar-refractivity contribution is -0.116. The number of nitrogens with one attached hydrogen (secondary N) is 2. The van der Waals surface area contributed by atoms with E-state index >= 15 is 0 Å². The SMILES string of the molecule is Cc1ccc(C)c(N[C@H](C)C(=O)Nc2cc(Cl)ccc2Cl)c1. The third kappa shape index (κ3) is 4.15. The lowest BCUT2D eigenvalue weighted by Gasteiger charge is -2.18. The summed E-state index contributed by atoms with van der Waals surface area (Å²) < 4.78 is 0. The van der Waals surface area contributed by atoms with E-state index in [0.717, 1.165) is 16.8 Å². The minimum absolute atomic E-state index is 0.176. The Labute approximate surface area is 140 Å². The van der Waals surface area contributed by atoms with E-state index in [1.165, 1.54) is 0 Å². The van der Waals surface area contributed by atoms with E-state index in [1.54, 1.807) is 25.1 Å². The predicted octanol–water partition coefficient (Wildman–Crippen LogP) is 5.05. The standard InChI is InChI=1S/C17H18Cl2N2O/c1-10-4-5-11(2)15(8-10)20-12(3)17(22)21-16-9-13(18)6-7-14(16)19/h4-9,12,20H,1-3H3,(H,21,22)/t12-/m1/s1. The Kier molecular flexibility index (Phi) is 5.33. The highest BCUT2D eigenvalue weighted by Gasteiger charge is 2.15. The third-order valence-electron chi connectivity index (χ3n) is 3.34. The number of aryl methyl sites for hydroxylation is 2. The second-order valence-corrected chi connectivity index (χ2v) is 6.14. The van der Waals surface area contributed by atoms with Crippen LogP contribution in [0.1, 0.15) is 18.1 Å². The van der Waals surface area contributed by atoms with Crippen molar-refractivity contribution in [3.8, 4) is 0 Å². The lowest BCUT2D eigenvalue weighted by Crippen LogP contribution is -2.32. The van der Waals surface area contributed by atoms with Crippen molar-refractivity contribution in [1.82, 2.24) is 0 Å². The van der Waals surface area contributed by atoms with Crippen LogP contribution in [-0.4, -0.2) is 11.9 Å². The van der Waals surface area contributed by atoms with Crippen LogP contribution >= 0.6 is 23.2 Å². The summed E-state index contributed by atoms with van der Waals surface area (Å²) in [5, 5.41) is 6.98. The predicted molar refractivity (Wildman–Crippen MR) is 94.1 cm³/mol. The molecule has 0 aliphatic carbocycles. The first-order valence-electron chi connectivity index (χ1n) is 6.96. The minimum atomic E-state index is -0.407. The Bertz CT molecular complexity index is 701. The number of benzene rings is 2. The molecule has 0 saturated heterocycles. The molecule has 0 spiro atoms. The monoisotopic (exact) mass is 336 g/mol. The average Bonchev–Trinajstić information content (AvgIpc) is 2.46. The van der Waals surface area contributed by atoms with Gasteiger partial charge in [0.05, 0.1) is 10.7 Å². The quantitative estimate of drug-likeness (QED) is 0.820. The molecule has 5 heteroatoms. The van der Waals surface area contributed by atoms with E-state index in [1.807, 2.05) is 32.0 Å². The van der Waals surface area contributed by atoms with Gasteiger partial charge in [-0.25, -0.2) is 0 Å². The molecule has 0 radical (unpaired) electrons. The van der Waals surface area contributed by atoms with Crippen molar-refractivity contribution in [3.05, 3.63) is 57.6 Å². The molecule has 1 amide bonds. The fraction of sp³-hybridized carbons (Fsp3) is 0.235. The summed E-state index contributed by atoms with van der Waals surface area (Å²) in [6.45, 7) is 5.82. The molecule has 0 aromatic heterocycles. The van der Waals surface area contributed by atoms with Gasteiger partial charge in [-0.05, 0) is 56.2 Å². The molecule has 2 rings (SSSR count). The van der Waals surface area contributed by atoms with Crippen molar-refractivity contribution in [2.45, 2.75) is 26.8 Å². The molecule has 2 aromatic carbocycles. The Morgan fingerprint density at radius 2 is 1.77 bits per heavy atom. The highest BCUT2D eigenvalue weighted by molar-refractivity contribution is 6.35. The smallest absolute Gasteiger partial charge is 0.246 e. The van der Waals surface area contributed by atoms with Crippen LogP contribution in [0, 0.1) is 13.8 Å². The second kappa shape index (κ2) is 7.03. The van der Waals surface area contributed by atoms with Crippen LogP contribution in [0.15, 0.2) is 36.4 Å². The van der Waals surface area contributed by atoms with Gasteiger partial charge in [0.1, 0.15) is 6.04 Å². The first-order chi connectivity index (χ1) is 10.4. The maximum Gasteiger partial charge on any atom is 0.246 e. The normalized spacial score (nSPS) is 11.9. The topological polar surface area (TPSA) is 41.1 Å². The van der Waals surface area contributed by atoms with Crippen molar-refractivity contribution < 1.29 is 4.79 Å². The number of hydrogen-bond donors (Lipinski definition) is 2. The van der Waals surface area contributed by atoms with Gasteiger partial charge in [0, 0.05) is 10.7 Å². The summed E-state index contributed by atoms with van der Waals surface area (Å²) >= 11 is 12.0. The van der Waals surface area contributed by atoms with Gasteiger partial charge in [0.2, 0.25) is 5.91 Å². The number of halogens is 2. The zero-order valence-corrected chi connectivity index (χ0v) is 14.2. The first-order valence-corrected chi connectivity index (χ1v) is 7.72. The number of rotatable bonds is 4. The molecule has 1 atom stereocenters. The molecule has 2 N–H and O–H groups in total. The maximum atomic E-state index is 12.3. The van der Waals surface area contributed by atoms with Crippen LogP contribution < -0.4 is 10.6 Å². The molecule has 2 aromatic rings. The van der Waals surface area contributed by atoms with Crippen LogP contribution in [0.5, 0.6) is 0 Å². The Balaban J connectivity index is 2.09. The van der Waals surface area contributed by atoms with Gasteiger partial charge in [-0.1, -0.05) is 35.3 Å². The van der Waals surface area contributed by atoms with Crippen molar-refractivity contribution in [2.75, 3.05) is 10.6 Å². The van der Waals surface area contributed by atoms with Gasteiger partial charge >= 0.3 is 0 Å². The zero-order chi connectivity index (χ0) is 16.3. The summed E-state index contributed by atoms with van der Waals surface area (Å²) in [6, 6.07) is 10.6. The first kappa shape index (κ1) is 16.7. The summed E-state index contributed by atoms with van der Waals surface area (Å²) in [6.07, 6.45) is 0. The fourth-order valence-corrected chi connectivity index (χ4v) is 2.36. The van der Waals surface area contributed by atoms with Crippen LogP contribution in [0.3, 0.4) is 0 Å². The van der Waals surface area contributed by atoms with E-state index in [4.69, 9.17) is 23.2 Å². The molecule has 3 nitrogen and oxygen atoms in total. The van der Waals surface area contributed by atoms with Crippen molar-refractivity contribution in [1.29, 1.82) is 0 Å². The number of carbonyl (C=O) groups is 1. The Morgan fingerprint density at radius 3 is 2.50 bits per heavy atom. The van der Waals surface area contributed by atoms with Crippen LogP contribution in [0.25, 0.3) is 0 Å². The molecule has 0 heterocycles. The maximum absolute atomic E-state index is 12.3. The van der Waals surface area contributed by atoms with Crippen LogP contribution in [-0.2, 0) is 4.79 Å². The number of carbonyl (C=O) groups excluding carboxylic acids is 1. The Morgan fingerprint density at radius 1 is 1.05 bits per heavy atom. The second-order valence-electron chi connectivity index (χ2n) is 5.30. The molecule has 0 bridgehead atoms. The number of hydrogen-bond acceptors (Lipinski definition) is 2. The summed E-state index contributed by atoms with van der Waals surface area (Å²) in [5.41, 5.74) is 3.68. The van der Waals surface area contributed by atoms with Gasteiger partial charge in [-0.3, -0.25) is 4.79 Å². The highest BCUT2D eigenvalue weighted by Crippen LogP contribution is 2.26. The van der Waals surface area contributed by atoms with E-state index in [2.05, 4.69) is 10.6 Å². The van der Waals surface area contributed by atoms with Crippen molar-refractivity contribution in [3.63, 3.8) is 0 Å². The van der Waals surface area contributed by atoms with E-state index < -0.39 is 6.04 Å². The van der Waals surface area contributed by atoms with Gasteiger partial charge in [0.15, 0.2) is 0 Å². The summed E-state index contributed by atoms with van der Waals surface area (Å²) in [7, 11) is 0. The zero-order valence-electron chi connectivity index (χ0n) is 12.7. The fourth-order valence-electron chi connectivity index (χ4n) is 2.02. The largest absolute Gasteiger partial charge is 0.374 e. The Hall–Kier alpha value is -1.71. The molecule has 0 aliphatic heterocycles. The van der Waals surface area contributed by atoms with E-state index in [9.17, 15) is 4.79 Å². The third-order valence-corrected chi connectivity index (χ3v) is 3.91. The lowest BCUT2D eigenvalue weighted by atomic mass is 10.1. The van der Waals surface area contributed by atoms with Gasteiger partial charge in [-0.2, -0.15) is 0 Å².